The monoisotopic (exact) mass is 296 g/mol. The summed E-state index contributed by atoms with van der Waals surface area (Å²) in [5.41, 5.74) is -5.45. The van der Waals surface area contributed by atoms with Crippen molar-refractivity contribution in [3.8, 4) is 0 Å². The summed E-state index contributed by atoms with van der Waals surface area (Å²) in [6.45, 7) is 1.28. The van der Waals surface area contributed by atoms with E-state index in [1.165, 1.54) is 31.2 Å². The Kier molecular flexibility index (Phi) is 4.24. The van der Waals surface area contributed by atoms with E-state index in [0.717, 1.165) is 0 Å². The highest BCUT2D eigenvalue weighted by molar-refractivity contribution is 7.91. The molecule has 0 aliphatic heterocycles. The van der Waals surface area contributed by atoms with Crippen LogP contribution in [0.3, 0.4) is 0 Å². The van der Waals surface area contributed by atoms with Crippen molar-refractivity contribution in [1.82, 2.24) is 0 Å². The van der Waals surface area contributed by atoms with Crippen molar-refractivity contribution in [1.29, 1.82) is 0 Å². The molecule has 0 saturated heterocycles. The minimum Gasteiger partial charge on any atom is -0.481 e. The lowest BCUT2D eigenvalue weighted by atomic mass is 9.97. The fraction of sp³-hybridized carbons (Fsp3) is 0.364. The van der Waals surface area contributed by atoms with Crippen LogP contribution < -0.4 is 0 Å². The first-order chi connectivity index (χ1) is 8.56. The highest BCUT2D eigenvalue weighted by Crippen LogP contribution is 2.29. The maximum atomic E-state index is 12.3. The molecular weight excluding hydrogens is 285 g/mol. The molecule has 8 heteroatoms. The van der Waals surface area contributed by atoms with Gasteiger partial charge in [-0.05, 0) is 18.1 Å². The Bertz CT molecular complexity index is 578. The minimum absolute atomic E-state index is 0.0582. The molecule has 1 unspecified atom stereocenters. The SMILES string of the molecule is CC(C(=O)O)c1ccccc1CS(=O)(=O)C(F)(F)F. The maximum Gasteiger partial charge on any atom is 0.497 e. The summed E-state index contributed by atoms with van der Waals surface area (Å²) < 4.78 is 59.1. The first kappa shape index (κ1) is 15.5. The van der Waals surface area contributed by atoms with E-state index in [4.69, 9.17) is 5.11 Å². The highest BCUT2D eigenvalue weighted by atomic mass is 32.2. The molecule has 0 aliphatic rings. The van der Waals surface area contributed by atoms with Gasteiger partial charge in [0.05, 0.1) is 11.7 Å². The van der Waals surface area contributed by atoms with E-state index in [9.17, 15) is 26.4 Å². The average Bonchev–Trinajstić information content (AvgIpc) is 2.26. The Labute approximate surface area is 107 Å². The highest BCUT2D eigenvalue weighted by Gasteiger charge is 2.45. The standard InChI is InChI=1S/C11H11F3O4S/c1-7(10(15)16)9-5-3-2-4-8(9)6-19(17,18)11(12,13)14/h2-5,7H,6H2,1H3,(H,15,16). The fourth-order valence-corrected chi connectivity index (χ4v) is 2.34. The van der Waals surface area contributed by atoms with Crippen molar-refractivity contribution in [2.24, 2.45) is 0 Å². The van der Waals surface area contributed by atoms with Gasteiger partial charge in [-0.2, -0.15) is 13.2 Å². The Hall–Kier alpha value is -1.57. The lowest BCUT2D eigenvalue weighted by molar-refractivity contribution is -0.138. The van der Waals surface area contributed by atoms with Crippen molar-refractivity contribution in [3.05, 3.63) is 35.4 Å². The lowest BCUT2D eigenvalue weighted by Gasteiger charge is -2.14. The molecule has 0 fully saturated rings. The number of aliphatic carboxylic acids is 1. The molecule has 1 aromatic carbocycles. The molecule has 0 aliphatic carbocycles. The Morgan fingerprint density at radius 3 is 2.32 bits per heavy atom. The molecule has 4 nitrogen and oxygen atoms in total. The molecular formula is C11H11F3O4S. The van der Waals surface area contributed by atoms with E-state index in [1.807, 2.05) is 0 Å². The van der Waals surface area contributed by atoms with Crippen molar-refractivity contribution in [3.63, 3.8) is 0 Å². The number of carboxylic acids is 1. The quantitative estimate of drug-likeness (QED) is 0.925. The van der Waals surface area contributed by atoms with Crippen LogP contribution in [0.4, 0.5) is 13.2 Å². The molecule has 0 saturated carbocycles. The van der Waals surface area contributed by atoms with Crippen molar-refractivity contribution in [2.45, 2.75) is 24.1 Å². The fourth-order valence-electron chi connectivity index (χ4n) is 1.51. The van der Waals surface area contributed by atoms with Crippen LogP contribution in [0.25, 0.3) is 0 Å². The molecule has 0 aromatic heterocycles. The van der Waals surface area contributed by atoms with Crippen molar-refractivity contribution >= 4 is 15.8 Å². The van der Waals surface area contributed by atoms with E-state index in [1.54, 1.807) is 0 Å². The van der Waals surface area contributed by atoms with Crippen LogP contribution in [0.5, 0.6) is 0 Å². The van der Waals surface area contributed by atoms with Crippen LogP contribution in [0.1, 0.15) is 24.0 Å². The predicted molar refractivity (Wildman–Crippen MR) is 61.2 cm³/mol. The predicted octanol–water partition coefficient (Wildman–Crippen LogP) is 2.31. The summed E-state index contributed by atoms with van der Waals surface area (Å²) in [5, 5.41) is 8.85. The number of carboxylic acid groups (broad SMARTS) is 1. The van der Waals surface area contributed by atoms with Crippen molar-refractivity contribution in [2.75, 3.05) is 0 Å². The summed E-state index contributed by atoms with van der Waals surface area (Å²) >= 11 is 0. The van der Waals surface area contributed by atoms with E-state index in [2.05, 4.69) is 0 Å². The number of halogens is 3. The number of sulfone groups is 1. The van der Waals surface area contributed by atoms with E-state index in [-0.39, 0.29) is 11.1 Å². The van der Waals surface area contributed by atoms with Gasteiger partial charge in [0.15, 0.2) is 0 Å². The molecule has 19 heavy (non-hydrogen) atoms. The third-order valence-corrected chi connectivity index (χ3v) is 3.99. The minimum atomic E-state index is -5.35. The number of benzene rings is 1. The van der Waals surface area contributed by atoms with Crippen LogP contribution in [-0.2, 0) is 20.4 Å². The molecule has 0 heterocycles. The van der Waals surface area contributed by atoms with Crippen LogP contribution in [0.15, 0.2) is 24.3 Å². The third-order valence-electron chi connectivity index (χ3n) is 2.59. The molecule has 1 aromatic rings. The van der Waals surface area contributed by atoms with E-state index < -0.39 is 33.0 Å². The number of hydrogen-bond acceptors (Lipinski definition) is 3. The van der Waals surface area contributed by atoms with Gasteiger partial charge in [-0.25, -0.2) is 8.42 Å². The second kappa shape index (κ2) is 5.20. The smallest absolute Gasteiger partial charge is 0.481 e. The molecule has 0 bridgehead atoms. The Balaban J connectivity index is 3.20. The largest absolute Gasteiger partial charge is 0.497 e. The van der Waals surface area contributed by atoms with Crippen LogP contribution >= 0.6 is 0 Å². The van der Waals surface area contributed by atoms with Gasteiger partial charge in [0.25, 0.3) is 9.84 Å². The van der Waals surface area contributed by atoms with Gasteiger partial charge < -0.3 is 5.11 Å². The first-order valence-electron chi connectivity index (χ1n) is 5.16. The third kappa shape index (κ3) is 3.46. The van der Waals surface area contributed by atoms with E-state index in [0.29, 0.717) is 0 Å². The number of carbonyl (C=O) groups is 1. The van der Waals surface area contributed by atoms with Gasteiger partial charge in [-0.1, -0.05) is 24.3 Å². The zero-order valence-electron chi connectivity index (χ0n) is 9.81. The van der Waals surface area contributed by atoms with Gasteiger partial charge in [0.1, 0.15) is 0 Å². The van der Waals surface area contributed by atoms with Gasteiger partial charge >= 0.3 is 11.5 Å². The second-order valence-electron chi connectivity index (χ2n) is 3.96. The number of hydrogen-bond donors (Lipinski definition) is 1. The Morgan fingerprint density at radius 1 is 1.32 bits per heavy atom. The van der Waals surface area contributed by atoms with Crippen molar-refractivity contribution < 1.29 is 31.5 Å². The summed E-state index contributed by atoms with van der Waals surface area (Å²) in [4.78, 5) is 10.8. The number of rotatable bonds is 4. The summed E-state index contributed by atoms with van der Waals surface area (Å²) in [6.07, 6.45) is 0. The van der Waals surface area contributed by atoms with Crippen LogP contribution in [0.2, 0.25) is 0 Å². The normalized spacial score (nSPS) is 14.1. The first-order valence-corrected chi connectivity index (χ1v) is 6.81. The van der Waals surface area contributed by atoms with E-state index >= 15 is 0 Å². The van der Waals surface area contributed by atoms with Crippen LogP contribution in [0, 0.1) is 0 Å². The molecule has 0 spiro atoms. The second-order valence-corrected chi connectivity index (χ2v) is 5.94. The zero-order valence-corrected chi connectivity index (χ0v) is 10.6. The van der Waals surface area contributed by atoms with Gasteiger partial charge in [-0.15, -0.1) is 0 Å². The van der Waals surface area contributed by atoms with Gasteiger partial charge in [0.2, 0.25) is 0 Å². The average molecular weight is 296 g/mol. The zero-order chi connectivity index (χ0) is 14.8. The molecule has 1 N–H and O–H groups in total. The maximum absolute atomic E-state index is 12.3. The molecule has 0 radical (unpaired) electrons. The van der Waals surface area contributed by atoms with Crippen LogP contribution in [-0.4, -0.2) is 25.0 Å². The molecule has 106 valence electrons. The lowest BCUT2D eigenvalue weighted by Crippen LogP contribution is -2.25. The Morgan fingerprint density at radius 2 is 1.84 bits per heavy atom. The van der Waals surface area contributed by atoms with Gasteiger partial charge in [0, 0.05) is 0 Å². The topological polar surface area (TPSA) is 71.4 Å². The molecule has 0 amide bonds. The molecule has 1 atom stereocenters. The summed E-state index contributed by atoms with van der Waals surface area (Å²) in [5.74, 6) is -3.58. The summed E-state index contributed by atoms with van der Waals surface area (Å²) in [7, 11) is -5.33. The number of alkyl halides is 3. The molecule has 1 rings (SSSR count). The summed E-state index contributed by atoms with van der Waals surface area (Å²) in [6, 6.07) is 5.29. The van der Waals surface area contributed by atoms with Gasteiger partial charge in [-0.3, -0.25) is 4.79 Å².